The third-order valence-corrected chi connectivity index (χ3v) is 2.57. The summed E-state index contributed by atoms with van der Waals surface area (Å²) in [5.74, 6) is 1.07. The van der Waals surface area contributed by atoms with Crippen molar-refractivity contribution < 1.29 is 0 Å². The van der Waals surface area contributed by atoms with Crippen molar-refractivity contribution in [1.82, 2.24) is 0 Å². The summed E-state index contributed by atoms with van der Waals surface area (Å²) in [7, 11) is 0. The van der Waals surface area contributed by atoms with Crippen molar-refractivity contribution in [3.63, 3.8) is 0 Å². The van der Waals surface area contributed by atoms with Gasteiger partial charge in [-0.2, -0.15) is 0 Å². The standard InChI is InChI=1S/C11H14S/c1-3-4-9-12-11-7-5-10(2)6-8-11/h3-8H,9H2,1-2H3/b4-3+. The zero-order valence-corrected chi connectivity index (χ0v) is 8.40. The van der Waals surface area contributed by atoms with Gasteiger partial charge in [-0.1, -0.05) is 29.8 Å². The van der Waals surface area contributed by atoms with Gasteiger partial charge in [-0.3, -0.25) is 0 Å². The maximum atomic E-state index is 2.17. The number of thioether (sulfide) groups is 1. The summed E-state index contributed by atoms with van der Waals surface area (Å²) in [6.07, 6.45) is 4.26. The molecule has 0 saturated heterocycles. The summed E-state index contributed by atoms with van der Waals surface area (Å²) in [5.41, 5.74) is 1.32. The highest BCUT2D eigenvalue weighted by atomic mass is 32.2. The van der Waals surface area contributed by atoms with Gasteiger partial charge in [0.15, 0.2) is 0 Å². The number of hydrogen-bond donors (Lipinski definition) is 0. The topological polar surface area (TPSA) is 0 Å². The smallest absolute Gasteiger partial charge is 0.0160 e. The fourth-order valence-corrected chi connectivity index (χ4v) is 1.68. The van der Waals surface area contributed by atoms with Crippen LogP contribution in [0.1, 0.15) is 12.5 Å². The number of aryl methyl sites for hydroxylation is 1. The molecule has 0 aliphatic rings. The average Bonchev–Trinajstić information content (AvgIpc) is 2.09. The summed E-state index contributed by atoms with van der Waals surface area (Å²) >= 11 is 1.87. The number of allylic oxidation sites excluding steroid dienone is 1. The SMILES string of the molecule is C/C=C/CSc1ccc(C)cc1. The second kappa shape index (κ2) is 5.04. The van der Waals surface area contributed by atoms with E-state index in [4.69, 9.17) is 0 Å². The fourth-order valence-electron chi connectivity index (χ4n) is 0.875. The van der Waals surface area contributed by atoms with Gasteiger partial charge in [0, 0.05) is 10.6 Å². The molecule has 0 fully saturated rings. The molecule has 0 atom stereocenters. The molecule has 1 aromatic rings. The molecule has 0 bridgehead atoms. The van der Waals surface area contributed by atoms with E-state index >= 15 is 0 Å². The van der Waals surface area contributed by atoms with Crippen molar-refractivity contribution in [2.24, 2.45) is 0 Å². The fraction of sp³-hybridized carbons (Fsp3) is 0.273. The van der Waals surface area contributed by atoms with Crippen LogP contribution in [0.5, 0.6) is 0 Å². The predicted octanol–water partition coefficient (Wildman–Crippen LogP) is 3.66. The maximum Gasteiger partial charge on any atom is 0.0160 e. The molecule has 1 rings (SSSR count). The molecule has 0 amide bonds. The first-order valence-electron chi connectivity index (χ1n) is 4.13. The van der Waals surface area contributed by atoms with Crippen molar-refractivity contribution in [2.45, 2.75) is 18.7 Å². The molecule has 0 heterocycles. The number of rotatable bonds is 3. The molecule has 0 aliphatic heterocycles. The zero-order chi connectivity index (χ0) is 8.81. The Labute approximate surface area is 78.7 Å². The van der Waals surface area contributed by atoms with Gasteiger partial charge in [-0.05, 0) is 26.0 Å². The average molecular weight is 178 g/mol. The summed E-state index contributed by atoms with van der Waals surface area (Å²) < 4.78 is 0. The van der Waals surface area contributed by atoms with Crippen LogP contribution in [0.15, 0.2) is 41.3 Å². The Morgan fingerprint density at radius 3 is 2.50 bits per heavy atom. The summed E-state index contributed by atoms with van der Waals surface area (Å²) in [6, 6.07) is 8.64. The van der Waals surface area contributed by atoms with Crippen molar-refractivity contribution in [1.29, 1.82) is 0 Å². The molecule has 12 heavy (non-hydrogen) atoms. The van der Waals surface area contributed by atoms with Gasteiger partial charge in [-0.15, -0.1) is 11.8 Å². The normalized spacial score (nSPS) is 10.8. The molecule has 0 spiro atoms. The second-order valence-corrected chi connectivity index (χ2v) is 3.79. The quantitative estimate of drug-likeness (QED) is 0.503. The van der Waals surface area contributed by atoms with Crippen LogP contribution >= 0.6 is 11.8 Å². The van der Waals surface area contributed by atoms with Gasteiger partial charge in [0.2, 0.25) is 0 Å². The van der Waals surface area contributed by atoms with Crippen molar-refractivity contribution in [3.05, 3.63) is 42.0 Å². The van der Waals surface area contributed by atoms with Gasteiger partial charge < -0.3 is 0 Å². The van der Waals surface area contributed by atoms with Gasteiger partial charge in [-0.25, -0.2) is 0 Å². The van der Waals surface area contributed by atoms with E-state index in [0.29, 0.717) is 0 Å². The minimum atomic E-state index is 1.07. The van der Waals surface area contributed by atoms with Gasteiger partial charge in [0.1, 0.15) is 0 Å². The first-order chi connectivity index (χ1) is 5.83. The van der Waals surface area contributed by atoms with Gasteiger partial charge >= 0.3 is 0 Å². The molecular formula is C11H14S. The Balaban J connectivity index is 2.47. The largest absolute Gasteiger partial charge is 0.122 e. The lowest BCUT2D eigenvalue weighted by Crippen LogP contribution is -1.74. The highest BCUT2D eigenvalue weighted by Gasteiger charge is 1.89. The molecule has 64 valence electrons. The Morgan fingerprint density at radius 2 is 1.92 bits per heavy atom. The second-order valence-electron chi connectivity index (χ2n) is 2.69. The van der Waals surface area contributed by atoms with Crippen LogP contribution in [0.25, 0.3) is 0 Å². The highest BCUT2D eigenvalue weighted by molar-refractivity contribution is 7.99. The third-order valence-electron chi connectivity index (χ3n) is 1.60. The Bertz CT molecular complexity index is 246. The van der Waals surface area contributed by atoms with E-state index in [-0.39, 0.29) is 0 Å². The molecule has 0 aromatic heterocycles. The number of benzene rings is 1. The molecule has 1 heteroatoms. The molecule has 0 N–H and O–H groups in total. The number of hydrogen-bond acceptors (Lipinski definition) is 1. The third kappa shape index (κ3) is 3.14. The van der Waals surface area contributed by atoms with Crippen LogP contribution in [-0.4, -0.2) is 5.75 Å². The van der Waals surface area contributed by atoms with E-state index in [0.717, 1.165) is 5.75 Å². The van der Waals surface area contributed by atoms with Crippen LogP contribution in [-0.2, 0) is 0 Å². The van der Waals surface area contributed by atoms with Crippen molar-refractivity contribution >= 4 is 11.8 Å². The van der Waals surface area contributed by atoms with Gasteiger partial charge in [0.25, 0.3) is 0 Å². The van der Waals surface area contributed by atoms with Gasteiger partial charge in [0.05, 0.1) is 0 Å². The van der Waals surface area contributed by atoms with E-state index in [9.17, 15) is 0 Å². The minimum Gasteiger partial charge on any atom is -0.122 e. The Kier molecular flexibility index (Phi) is 3.95. The van der Waals surface area contributed by atoms with E-state index in [1.807, 2.05) is 11.8 Å². The first-order valence-corrected chi connectivity index (χ1v) is 5.12. The summed E-state index contributed by atoms with van der Waals surface area (Å²) in [5, 5.41) is 0. The maximum absolute atomic E-state index is 2.17. The molecule has 0 nitrogen and oxygen atoms in total. The molecule has 0 radical (unpaired) electrons. The van der Waals surface area contributed by atoms with E-state index in [2.05, 4.69) is 50.3 Å². The first kappa shape index (κ1) is 9.40. The van der Waals surface area contributed by atoms with Crippen molar-refractivity contribution in [3.8, 4) is 0 Å². The van der Waals surface area contributed by atoms with Crippen LogP contribution in [0.3, 0.4) is 0 Å². The highest BCUT2D eigenvalue weighted by Crippen LogP contribution is 2.17. The van der Waals surface area contributed by atoms with Crippen LogP contribution in [0.2, 0.25) is 0 Å². The molecule has 0 saturated carbocycles. The summed E-state index contributed by atoms with van der Waals surface area (Å²) in [4.78, 5) is 1.35. The Hall–Kier alpha value is -0.690. The molecular weight excluding hydrogens is 164 g/mol. The van der Waals surface area contributed by atoms with Crippen molar-refractivity contribution in [2.75, 3.05) is 5.75 Å². The lowest BCUT2D eigenvalue weighted by atomic mass is 10.2. The van der Waals surface area contributed by atoms with E-state index in [1.54, 1.807) is 0 Å². The van der Waals surface area contributed by atoms with Crippen LogP contribution in [0.4, 0.5) is 0 Å². The molecule has 1 aromatic carbocycles. The van der Waals surface area contributed by atoms with E-state index < -0.39 is 0 Å². The molecule has 0 aliphatic carbocycles. The summed E-state index contributed by atoms with van der Waals surface area (Å²) in [6.45, 7) is 4.16. The lowest BCUT2D eigenvalue weighted by Gasteiger charge is -1.97. The zero-order valence-electron chi connectivity index (χ0n) is 7.58. The van der Waals surface area contributed by atoms with E-state index in [1.165, 1.54) is 10.5 Å². The Morgan fingerprint density at radius 1 is 1.25 bits per heavy atom. The predicted molar refractivity (Wildman–Crippen MR) is 56.7 cm³/mol. The van der Waals surface area contributed by atoms with Crippen LogP contribution < -0.4 is 0 Å². The lowest BCUT2D eigenvalue weighted by molar-refractivity contribution is 1.38. The monoisotopic (exact) mass is 178 g/mol. The molecule has 0 unspecified atom stereocenters. The minimum absolute atomic E-state index is 1.07. The van der Waals surface area contributed by atoms with Crippen LogP contribution in [0, 0.1) is 6.92 Å².